The lowest BCUT2D eigenvalue weighted by Crippen LogP contribution is -2.18. The van der Waals surface area contributed by atoms with E-state index in [2.05, 4.69) is 9.47 Å². The standard InChI is InChI=1S/C5H10O3.C4H10O3/c1-3-8-5(7)4(2)6;5-1-3-7-4-2-6/h4,6H,3H2,1-2H3;5-6H,1-4H2. The van der Waals surface area contributed by atoms with Crippen molar-refractivity contribution in [2.24, 2.45) is 0 Å². The molecule has 1 unspecified atom stereocenters. The van der Waals surface area contributed by atoms with Gasteiger partial charge in [0.1, 0.15) is 6.10 Å². The smallest absolute Gasteiger partial charge is 0.334 e. The first-order valence-corrected chi connectivity index (χ1v) is 4.74. The van der Waals surface area contributed by atoms with Crippen molar-refractivity contribution in [1.82, 2.24) is 0 Å². The van der Waals surface area contributed by atoms with Gasteiger partial charge in [-0.1, -0.05) is 0 Å². The third-order valence-electron chi connectivity index (χ3n) is 1.10. The third kappa shape index (κ3) is 16.0. The van der Waals surface area contributed by atoms with Crippen molar-refractivity contribution in [3.8, 4) is 0 Å². The molecular weight excluding hydrogens is 204 g/mol. The Morgan fingerprint density at radius 1 is 1.27 bits per heavy atom. The van der Waals surface area contributed by atoms with E-state index in [1.54, 1.807) is 6.92 Å². The summed E-state index contributed by atoms with van der Waals surface area (Å²) in [5.41, 5.74) is 0. The predicted molar refractivity (Wildman–Crippen MR) is 53.3 cm³/mol. The first-order chi connectivity index (χ1) is 7.09. The fourth-order valence-electron chi connectivity index (χ4n) is 0.494. The molecule has 0 amide bonds. The second-order valence-corrected chi connectivity index (χ2v) is 2.49. The van der Waals surface area contributed by atoms with Crippen LogP contribution in [0.25, 0.3) is 0 Å². The molecule has 0 radical (unpaired) electrons. The van der Waals surface area contributed by atoms with Crippen LogP contribution in [0, 0.1) is 0 Å². The quantitative estimate of drug-likeness (QED) is 0.392. The number of carbonyl (C=O) groups is 1. The van der Waals surface area contributed by atoms with Gasteiger partial charge in [-0.25, -0.2) is 4.79 Å². The highest BCUT2D eigenvalue weighted by molar-refractivity contribution is 5.73. The number of aliphatic hydroxyl groups is 3. The Morgan fingerprint density at radius 3 is 1.93 bits per heavy atom. The van der Waals surface area contributed by atoms with Gasteiger partial charge in [0, 0.05) is 0 Å². The van der Waals surface area contributed by atoms with Gasteiger partial charge in [-0.05, 0) is 13.8 Å². The van der Waals surface area contributed by atoms with Gasteiger partial charge >= 0.3 is 5.97 Å². The Balaban J connectivity index is 0. The lowest BCUT2D eigenvalue weighted by molar-refractivity contribution is -0.151. The topological polar surface area (TPSA) is 96.2 Å². The number of rotatable bonds is 6. The average Bonchev–Trinajstić information content (AvgIpc) is 2.20. The maximum absolute atomic E-state index is 10.3. The van der Waals surface area contributed by atoms with Crippen LogP contribution in [0.15, 0.2) is 0 Å². The molecule has 0 aromatic rings. The van der Waals surface area contributed by atoms with E-state index < -0.39 is 12.1 Å². The van der Waals surface area contributed by atoms with Crippen LogP contribution >= 0.6 is 0 Å². The van der Waals surface area contributed by atoms with Crippen molar-refractivity contribution >= 4 is 5.97 Å². The Kier molecular flexibility index (Phi) is 14.8. The van der Waals surface area contributed by atoms with Gasteiger partial charge in [-0.2, -0.15) is 0 Å². The van der Waals surface area contributed by atoms with E-state index in [9.17, 15) is 4.79 Å². The maximum atomic E-state index is 10.3. The summed E-state index contributed by atoms with van der Waals surface area (Å²) < 4.78 is 9.05. The molecule has 15 heavy (non-hydrogen) atoms. The van der Waals surface area contributed by atoms with Crippen molar-refractivity contribution < 1.29 is 29.6 Å². The zero-order valence-electron chi connectivity index (χ0n) is 9.18. The van der Waals surface area contributed by atoms with Crippen LogP contribution < -0.4 is 0 Å². The summed E-state index contributed by atoms with van der Waals surface area (Å²) in [6, 6.07) is 0. The lowest BCUT2D eigenvalue weighted by atomic mass is 10.4. The van der Waals surface area contributed by atoms with Crippen LogP contribution in [0.3, 0.4) is 0 Å². The van der Waals surface area contributed by atoms with Crippen molar-refractivity contribution in [3.05, 3.63) is 0 Å². The van der Waals surface area contributed by atoms with Crippen molar-refractivity contribution in [1.29, 1.82) is 0 Å². The van der Waals surface area contributed by atoms with Gasteiger partial charge in [0.15, 0.2) is 0 Å². The zero-order chi connectivity index (χ0) is 12.1. The summed E-state index contributed by atoms with van der Waals surface area (Å²) in [5.74, 6) is -0.562. The van der Waals surface area contributed by atoms with Gasteiger partial charge in [-0.15, -0.1) is 0 Å². The van der Waals surface area contributed by atoms with E-state index in [0.29, 0.717) is 19.8 Å². The Morgan fingerprint density at radius 2 is 1.73 bits per heavy atom. The molecular formula is C9H20O6. The first-order valence-electron chi connectivity index (χ1n) is 4.74. The number of hydrogen-bond acceptors (Lipinski definition) is 6. The molecule has 0 saturated heterocycles. The van der Waals surface area contributed by atoms with Crippen LogP contribution in [0.2, 0.25) is 0 Å². The summed E-state index contributed by atoms with van der Waals surface area (Å²) in [4.78, 5) is 10.3. The minimum absolute atomic E-state index is 0.0278. The van der Waals surface area contributed by atoms with E-state index in [0.717, 1.165) is 0 Å². The zero-order valence-corrected chi connectivity index (χ0v) is 9.18. The number of carbonyl (C=O) groups excluding carboxylic acids is 1. The minimum atomic E-state index is -0.991. The number of ether oxygens (including phenoxy) is 2. The highest BCUT2D eigenvalue weighted by Gasteiger charge is 2.07. The van der Waals surface area contributed by atoms with E-state index in [1.165, 1.54) is 6.92 Å². The highest BCUT2D eigenvalue weighted by atomic mass is 16.5. The van der Waals surface area contributed by atoms with Crippen molar-refractivity contribution in [3.63, 3.8) is 0 Å². The van der Waals surface area contributed by atoms with Crippen LogP contribution in [0.4, 0.5) is 0 Å². The summed E-state index contributed by atoms with van der Waals surface area (Å²) in [6.45, 7) is 4.09. The second kappa shape index (κ2) is 13.3. The predicted octanol–water partition coefficient (Wildman–Crippen LogP) is -1.08. The molecule has 0 saturated carbocycles. The number of esters is 1. The van der Waals surface area contributed by atoms with E-state index in [1.807, 2.05) is 0 Å². The highest BCUT2D eigenvalue weighted by Crippen LogP contribution is 1.84. The molecule has 0 aliphatic heterocycles. The summed E-state index contributed by atoms with van der Waals surface area (Å²) in [7, 11) is 0. The van der Waals surface area contributed by atoms with Gasteiger partial charge in [0.05, 0.1) is 33.0 Å². The first kappa shape index (κ1) is 16.7. The summed E-state index contributed by atoms with van der Waals surface area (Å²) in [6.07, 6.45) is -0.991. The number of hydrogen-bond donors (Lipinski definition) is 3. The molecule has 92 valence electrons. The summed E-state index contributed by atoms with van der Waals surface area (Å²) >= 11 is 0. The van der Waals surface area contributed by atoms with Gasteiger partial charge in [0.2, 0.25) is 0 Å². The van der Waals surface area contributed by atoms with Crippen LogP contribution in [0.5, 0.6) is 0 Å². The van der Waals surface area contributed by atoms with Crippen LogP contribution in [-0.4, -0.2) is 60.4 Å². The van der Waals surface area contributed by atoms with E-state index in [-0.39, 0.29) is 13.2 Å². The molecule has 1 atom stereocenters. The SMILES string of the molecule is CCOC(=O)C(C)O.OCCOCCO. The van der Waals surface area contributed by atoms with E-state index >= 15 is 0 Å². The molecule has 6 heteroatoms. The molecule has 0 spiro atoms. The molecule has 0 aromatic carbocycles. The van der Waals surface area contributed by atoms with Gasteiger partial charge < -0.3 is 24.8 Å². The molecule has 3 N–H and O–H groups in total. The van der Waals surface area contributed by atoms with Crippen molar-refractivity contribution in [2.45, 2.75) is 20.0 Å². The molecule has 0 heterocycles. The van der Waals surface area contributed by atoms with Gasteiger partial charge in [0.25, 0.3) is 0 Å². The summed E-state index contributed by atoms with van der Waals surface area (Å²) in [5, 5.41) is 24.6. The Hall–Kier alpha value is -0.690. The monoisotopic (exact) mass is 224 g/mol. The number of aliphatic hydroxyl groups excluding tert-OH is 3. The Bertz CT molecular complexity index is 133. The van der Waals surface area contributed by atoms with Crippen LogP contribution in [-0.2, 0) is 14.3 Å². The lowest BCUT2D eigenvalue weighted by Gasteiger charge is -2.01. The average molecular weight is 224 g/mol. The normalized spacial score (nSPS) is 11.3. The molecule has 0 aliphatic rings. The molecule has 0 aliphatic carbocycles. The van der Waals surface area contributed by atoms with E-state index in [4.69, 9.17) is 15.3 Å². The maximum Gasteiger partial charge on any atom is 0.334 e. The Labute approximate surface area is 89.4 Å². The molecule has 0 rings (SSSR count). The fraction of sp³-hybridized carbons (Fsp3) is 0.889. The fourth-order valence-corrected chi connectivity index (χ4v) is 0.494. The van der Waals surface area contributed by atoms with Crippen LogP contribution in [0.1, 0.15) is 13.8 Å². The molecule has 0 fully saturated rings. The molecule has 6 nitrogen and oxygen atoms in total. The van der Waals surface area contributed by atoms with Crippen molar-refractivity contribution in [2.75, 3.05) is 33.0 Å². The minimum Gasteiger partial charge on any atom is -0.464 e. The third-order valence-corrected chi connectivity index (χ3v) is 1.10. The van der Waals surface area contributed by atoms with Gasteiger partial charge in [-0.3, -0.25) is 0 Å². The molecule has 0 aromatic heterocycles. The molecule has 0 bridgehead atoms. The second-order valence-electron chi connectivity index (χ2n) is 2.49. The largest absolute Gasteiger partial charge is 0.464 e.